The predicted octanol–water partition coefficient (Wildman–Crippen LogP) is 4.66. The third-order valence-electron chi connectivity index (χ3n) is 3.36. The van der Waals surface area contributed by atoms with E-state index >= 15 is 0 Å². The fourth-order valence-corrected chi connectivity index (χ4v) is 2.78. The van der Waals surface area contributed by atoms with E-state index in [-0.39, 0.29) is 16.2 Å². The van der Waals surface area contributed by atoms with Gasteiger partial charge in [-0.25, -0.2) is 0 Å². The van der Waals surface area contributed by atoms with Crippen LogP contribution < -0.4 is 5.56 Å². The average Bonchev–Trinajstić information content (AvgIpc) is 2.56. The van der Waals surface area contributed by atoms with Gasteiger partial charge in [0.25, 0.3) is 5.56 Å². The van der Waals surface area contributed by atoms with Crippen LogP contribution in [0.2, 0.25) is 10.0 Å². The lowest BCUT2D eigenvalue weighted by molar-refractivity contribution is 0.432. The molecule has 0 amide bonds. The number of aliphatic imine (C=N–C) groups is 1. The minimum Gasteiger partial charge on any atom is -0.494 e. The number of nitrogens with one attached hydrogen (secondary N) is 1. The first-order valence-corrected chi connectivity index (χ1v) is 8.26. The van der Waals surface area contributed by atoms with E-state index in [4.69, 9.17) is 35.4 Å². The molecule has 126 valence electrons. The highest BCUT2D eigenvalue weighted by atomic mass is 35.5. The normalized spacial score (nSPS) is 11.1. The lowest BCUT2D eigenvalue weighted by Crippen LogP contribution is -2.17. The third-order valence-corrected chi connectivity index (χ3v) is 4.13. The van der Waals surface area contributed by atoms with Gasteiger partial charge in [0.15, 0.2) is 4.77 Å². The van der Waals surface area contributed by atoms with Gasteiger partial charge >= 0.3 is 0 Å². The molecule has 0 saturated carbocycles. The minimum absolute atomic E-state index is 0.0245. The summed E-state index contributed by atoms with van der Waals surface area (Å²) < 4.78 is 1.39. The molecule has 0 bridgehead atoms. The molecule has 5 nitrogen and oxygen atoms in total. The van der Waals surface area contributed by atoms with Gasteiger partial charge in [0.1, 0.15) is 5.56 Å². The molecule has 3 rings (SSSR count). The van der Waals surface area contributed by atoms with Crippen LogP contribution >= 0.6 is 35.4 Å². The second kappa shape index (κ2) is 7.23. The number of halogens is 2. The molecule has 0 atom stereocenters. The molecule has 1 aromatic heterocycles. The fraction of sp³-hybridized carbons (Fsp3) is 0. The Morgan fingerprint density at radius 2 is 1.84 bits per heavy atom. The molecule has 8 heteroatoms. The monoisotopic (exact) mass is 391 g/mol. The van der Waals surface area contributed by atoms with Gasteiger partial charge in [0, 0.05) is 16.3 Å². The Morgan fingerprint density at radius 3 is 2.52 bits per heavy atom. The van der Waals surface area contributed by atoms with Crippen molar-refractivity contribution >= 4 is 47.3 Å². The van der Waals surface area contributed by atoms with E-state index in [2.05, 4.69) is 9.98 Å². The second-order valence-electron chi connectivity index (χ2n) is 5.05. The first kappa shape index (κ1) is 17.4. The Morgan fingerprint density at radius 1 is 1.12 bits per heavy atom. The molecule has 25 heavy (non-hydrogen) atoms. The summed E-state index contributed by atoms with van der Waals surface area (Å²) in [4.78, 5) is 18.9. The molecule has 0 aliphatic heterocycles. The Bertz CT molecular complexity index is 1070. The van der Waals surface area contributed by atoms with Crippen LogP contribution in [0.5, 0.6) is 5.88 Å². The zero-order chi connectivity index (χ0) is 18.0. The van der Waals surface area contributed by atoms with Crippen LogP contribution in [0.3, 0.4) is 0 Å². The number of nitrogens with zero attached hydrogens (tertiary/aromatic N) is 2. The van der Waals surface area contributed by atoms with E-state index < -0.39 is 5.56 Å². The summed E-state index contributed by atoms with van der Waals surface area (Å²) in [5.74, 6) is -0.318. The van der Waals surface area contributed by atoms with Crippen LogP contribution in [0, 0.1) is 4.77 Å². The summed E-state index contributed by atoms with van der Waals surface area (Å²) in [6.07, 6.45) is 1.26. The topological polar surface area (TPSA) is 70.4 Å². The molecule has 2 aromatic carbocycles. The molecule has 0 saturated heterocycles. The van der Waals surface area contributed by atoms with Crippen molar-refractivity contribution in [3.8, 4) is 11.6 Å². The van der Waals surface area contributed by atoms with Gasteiger partial charge in [-0.05, 0) is 54.7 Å². The van der Waals surface area contributed by atoms with Gasteiger partial charge in [-0.3, -0.25) is 19.3 Å². The van der Waals surface area contributed by atoms with Gasteiger partial charge in [-0.1, -0.05) is 29.3 Å². The second-order valence-corrected chi connectivity index (χ2v) is 6.31. The summed E-state index contributed by atoms with van der Waals surface area (Å²) in [6, 6.07) is 13.5. The van der Waals surface area contributed by atoms with Crippen molar-refractivity contribution in [1.29, 1.82) is 0 Å². The number of aromatic amines is 1. The van der Waals surface area contributed by atoms with Crippen molar-refractivity contribution in [3.63, 3.8) is 0 Å². The van der Waals surface area contributed by atoms with Gasteiger partial charge in [-0.2, -0.15) is 0 Å². The highest BCUT2D eigenvalue weighted by molar-refractivity contribution is 7.71. The Kier molecular flexibility index (Phi) is 5.03. The maximum absolute atomic E-state index is 12.2. The zero-order valence-electron chi connectivity index (χ0n) is 12.6. The van der Waals surface area contributed by atoms with Gasteiger partial charge < -0.3 is 5.11 Å². The lowest BCUT2D eigenvalue weighted by atomic mass is 10.3. The van der Waals surface area contributed by atoms with Crippen LogP contribution in [0.15, 0.2) is 58.3 Å². The molecule has 1 heterocycles. The molecular formula is C17H11Cl2N3O2S. The quantitative estimate of drug-likeness (QED) is 0.503. The highest BCUT2D eigenvalue weighted by Gasteiger charge is 2.12. The van der Waals surface area contributed by atoms with Crippen LogP contribution in [-0.2, 0) is 0 Å². The Hall–Kier alpha value is -2.41. The first-order chi connectivity index (χ1) is 12.0. The highest BCUT2D eigenvalue weighted by Crippen LogP contribution is 2.22. The molecule has 3 aromatic rings. The number of aromatic nitrogens is 2. The maximum atomic E-state index is 12.2. The van der Waals surface area contributed by atoms with Crippen LogP contribution in [-0.4, -0.2) is 20.9 Å². The van der Waals surface area contributed by atoms with Crippen LogP contribution in [0.25, 0.3) is 5.69 Å². The van der Waals surface area contributed by atoms with Crippen molar-refractivity contribution in [2.45, 2.75) is 0 Å². The Labute approximate surface area is 157 Å². The van der Waals surface area contributed by atoms with Crippen molar-refractivity contribution in [2.24, 2.45) is 4.99 Å². The van der Waals surface area contributed by atoms with Crippen molar-refractivity contribution in [1.82, 2.24) is 9.55 Å². The summed E-state index contributed by atoms with van der Waals surface area (Å²) in [5.41, 5.74) is 0.536. The number of hydrogen-bond acceptors (Lipinski definition) is 4. The smallest absolute Gasteiger partial charge is 0.264 e. The van der Waals surface area contributed by atoms with Crippen molar-refractivity contribution in [3.05, 3.63) is 79.3 Å². The molecule has 0 radical (unpaired) electrons. The predicted molar refractivity (Wildman–Crippen MR) is 103 cm³/mol. The molecule has 0 aliphatic rings. The number of H-pyrrole nitrogens is 1. The molecule has 0 unspecified atom stereocenters. The van der Waals surface area contributed by atoms with Gasteiger partial charge in [0.2, 0.25) is 5.88 Å². The average molecular weight is 392 g/mol. The number of aromatic hydroxyl groups is 1. The molecule has 2 N–H and O–H groups in total. The number of benzene rings is 2. The maximum Gasteiger partial charge on any atom is 0.264 e. The molecule has 0 aliphatic carbocycles. The SMILES string of the molecule is O=c1[nH]c(=S)n(-c2ccc(Cl)cc2)c(O)c1C=Nc1cccc(Cl)c1. The minimum atomic E-state index is -0.543. The summed E-state index contributed by atoms with van der Waals surface area (Å²) in [7, 11) is 0. The molecule has 0 spiro atoms. The summed E-state index contributed by atoms with van der Waals surface area (Å²) in [6.45, 7) is 0. The molecular weight excluding hydrogens is 381 g/mol. The molecule has 0 fully saturated rings. The summed E-state index contributed by atoms with van der Waals surface area (Å²) in [5, 5.41) is 11.6. The zero-order valence-corrected chi connectivity index (χ0v) is 14.9. The van der Waals surface area contributed by atoms with Crippen molar-refractivity contribution < 1.29 is 5.11 Å². The van der Waals surface area contributed by atoms with Gasteiger partial charge in [0.05, 0.1) is 11.4 Å². The third kappa shape index (κ3) is 3.82. The van der Waals surface area contributed by atoms with E-state index in [0.717, 1.165) is 0 Å². The van der Waals surface area contributed by atoms with E-state index in [1.54, 1.807) is 48.5 Å². The fourth-order valence-electron chi connectivity index (χ4n) is 2.18. The van der Waals surface area contributed by atoms with Crippen LogP contribution in [0.1, 0.15) is 5.56 Å². The largest absolute Gasteiger partial charge is 0.494 e. The van der Waals surface area contributed by atoms with E-state index in [0.29, 0.717) is 21.4 Å². The number of hydrogen-bond donors (Lipinski definition) is 2. The van der Waals surface area contributed by atoms with Crippen LogP contribution in [0.4, 0.5) is 5.69 Å². The first-order valence-electron chi connectivity index (χ1n) is 7.09. The van der Waals surface area contributed by atoms with E-state index in [1.165, 1.54) is 10.8 Å². The standard InChI is InChI=1S/C17H11Cl2N3O2S/c18-10-4-6-13(7-5-10)22-16(24)14(15(23)21-17(22)25)9-20-12-3-1-2-11(19)8-12/h1-9,24H,(H,21,23,25). The van der Waals surface area contributed by atoms with E-state index in [9.17, 15) is 9.90 Å². The number of rotatable bonds is 3. The van der Waals surface area contributed by atoms with E-state index in [1.807, 2.05) is 0 Å². The summed E-state index contributed by atoms with van der Waals surface area (Å²) >= 11 is 16.9. The van der Waals surface area contributed by atoms with Gasteiger partial charge in [-0.15, -0.1) is 0 Å². The lowest BCUT2D eigenvalue weighted by Gasteiger charge is -2.11. The van der Waals surface area contributed by atoms with Crippen molar-refractivity contribution in [2.75, 3.05) is 0 Å². The Balaban J connectivity index is 2.12.